The maximum absolute atomic E-state index is 13.1. The molecule has 1 atom stereocenters. The summed E-state index contributed by atoms with van der Waals surface area (Å²) in [5.41, 5.74) is 0.903. The van der Waals surface area contributed by atoms with Crippen LogP contribution in [-0.4, -0.2) is 120 Å². The molecule has 0 spiro atoms. The lowest BCUT2D eigenvalue weighted by atomic mass is 10.0. The Hall–Kier alpha value is -3.43. The van der Waals surface area contributed by atoms with Crippen LogP contribution in [-0.2, 0) is 42.8 Å². The summed E-state index contributed by atoms with van der Waals surface area (Å²) in [5.74, 6) is -2.42. The van der Waals surface area contributed by atoms with Crippen molar-refractivity contribution in [3.05, 3.63) is 29.3 Å². The first-order valence-electron chi connectivity index (χ1n) is 15.1. The van der Waals surface area contributed by atoms with Crippen LogP contribution in [0.2, 0.25) is 0 Å². The fourth-order valence-electron chi connectivity index (χ4n) is 4.46. The van der Waals surface area contributed by atoms with Crippen LogP contribution in [0, 0.1) is 0 Å². The van der Waals surface area contributed by atoms with Crippen molar-refractivity contribution in [1.29, 1.82) is 0 Å². The van der Waals surface area contributed by atoms with Crippen molar-refractivity contribution in [1.82, 2.24) is 10.2 Å². The van der Waals surface area contributed by atoms with Gasteiger partial charge in [0.2, 0.25) is 11.8 Å². The van der Waals surface area contributed by atoms with Gasteiger partial charge >= 0.3 is 5.97 Å². The summed E-state index contributed by atoms with van der Waals surface area (Å²) in [4.78, 5) is 62.1. The predicted molar refractivity (Wildman–Crippen MR) is 156 cm³/mol. The minimum Gasteiger partial charge on any atom is -0.466 e. The number of benzene rings is 1. The van der Waals surface area contributed by atoms with E-state index in [4.69, 9.17) is 28.4 Å². The molecule has 2 aliphatic heterocycles. The number of amides is 4. The van der Waals surface area contributed by atoms with Crippen LogP contribution in [0.25, 0.3) is 0 Å². The van der Waals surface area contributed by atoms with E-state index in [1.54, 1.807) is 18.2 Å². The van der Waals surface area contributed by atoms with Crippen LogP contribution >= 0.6 is 0 Å². The molecule has 2 heterocycles. The molecule has 2 N–H and O–H groups in total. The molecule has 0 aromatic heterocycles. The monoisotopic (exact) mass is 621 g/mol. The number of piperidine rings is 1. The molecular formula is C30H43N3O11. The number of nitrogens with one attached hydrogen (secondary N) is 2. The lowest BCUT2D eigenvalue weighted by Crippen LogP contribution is -2.54. The van der Waals surface area contributed by atoms with Gasteiger partial charge < -0.3 is 33.7 Å². The van der Waals surface area contributed by atoms with Gasteiger partial charge in [0, 0.05) is 18.7 Å². The number of esters is 1. The van der Waals surface area contributed by atoms with Crippen LogP contribution in [0.5, 0.6) is 0 Å². The number of hydrogen-bond acceptors (Lipinski definition) is 12. The zero-order valence-corrected chi connectivity index (χ0v) is 25.3. The molecule has 0 saturated carbocycles. The number of fused-ring (bicyclic) bond motifs is 1. The second-order valence-electron chi connectivity index (χ2n) is 9.99. The topological polar surface area (TPSA) is 168 Å². The SMILES string of the molecule is CCCCOC(=O)CCOCCOCCOCCOCCOCCNc1cccc2c1C(=O)N(C1CCC(=O)NC1=O)C2=O. The molecule has 44 heavy (non-hydrogen) atoms. The standard InChI is InChI=1S/C30H43N3O11/c1-2-3-11-44-26(35)9-12-39-14-16-41-18-20-43-21-19-42-17-15-40-13-10-31-23-6-4-5-22-27(23)30(38)33(29(22)37)24-7-8-25(34)32-28(24)36/h4-6,24,31H,2-3,7-21H2,1H3,(H,32,34,36). The normalized spacial score (nSPS) is 16.3. The van der Waals surface area contributed by atoms with E-state index in [0.717, 1.165) is 17.7 Å². The number of imide groups is 2. The van der Waals surface area contributed by atoms with Crippen molar-refractivity contribution in [2.24, 2.45) is 0 Å². The van der Waals surface area contributed by atoms with Crippen LogP contribution in [0.4, 0.5) is 5.69 Å². The minimum absolute atomic E-state index is 0.0665. The second kappa shape index (κ2) is 19.8. The van der Waals surface area contributed by atoms with Crippen LogP contribution in [0.1, 0.15) is 59.7 Å². The summed E-state index contributed by atoms with van der Waals surface area (Å²) in [5, 5.41) is 5.31. The zero-order valence-electron chi connectivity index (χ0n) is 25.3. The van der Waals surface area contributed by atoms with Gasteiger partial charge in [-0.05, 0) is 25.0 Å². The zero-order chi connectivity index (χ0) is 31.6. The van der Waals surface area contributed by atoms with E-state index in [-0.39, 0.29) is 36.4 Å². The number of unbranched alkanes of at least 4 members (excludes halogenated alkanes) is 1. The molecule has 2 aliphatic rings. The lowest BCUT2D eigenvalue weighted by molar-refractivity contribution is -0.145. The fraction of sp³-hybridized carbons (Fsp3) is 0.633. The van der Waals surface area contributed by atoms with Crippen molar-refractivity contribution in [3.63, 3.8) is 0 Å². The van der Waals surface area contributed by atoms with Gasteiger partial charge in [-0.2, -0.15) is 0 Å². The molecule has 14 heteroatoms. The Morgan fingerprint density at radius 3 is 2.07 bits per heavy atom. The molecule has 4 amide bonds. The highest BCUT2D eigenvalue weighted by Gasteiger charge is 2.45. The smallest absolute Gasteiger partial charge is 0.308 e. The largest absolute Gasteiger partial charge is 0.466 e. The number of anilines is 1. The van der Waals surface area contributed by atoms with Crippen molar-refractivity contribution < 1.29 is 52.4 Å². The molecule has 1 aromatic carbocycles. The van der Waals surface area contributed by atoms with Crippen LogP contribution < -0.4 is 10.6 Å². The van der Waals surface area contributed by atoms with E-state index in [9.17, 15) is 24.0 Å². The molecule has 244 valence electrons. The van der Waals surface area contributed by atoms with Crippen molar-refractivity contribution in [2.75, 3.05) is 84.5 Å². The highest BCUT2D eigenvalue weighted by atomic mass is 16.6. The van der Waals surface area contributed by atoms with E-state index in [0.29, 0.717) is 84.9 Å². The van der Waals surface area contributed by atoms with E-state index >= 15 is 0 Å². The molecule has 0 bridgehead atoms. The van der Waals surface area contributed by atoms with E-state index in [1.807, 2.05) is 6.92 Å². The molecule has 14 nitrogen and oxygen atoms in total. The van der Waals surface area contributed by atoms with E-state index < -0.39 is 29.7 Å². The third-order valence-electron chi connectivity index (χ3n) is 6.73. The maximum atomic E-state index is 13.1. The third-order valence-corrected chi connectivity index (χ3v) is 6.73. The highest BCUT2D eigenvalue weighted by molar-refractivity contribution is 6.25. The summed E-state index contributed by atoms with van der Waals surface area (Å²) in [6.07, 6.45) is 2.27. The van der Waals surface area contributed by atoms with Gasteiger partial charge in [0.1, 0.15) is 6.04 Å². The van der Waals surface area contributed by atoms with E-state index in [1.165, 1.54) is 0 Å². The Balaban J connectivity index is 1.16. The molecule has 1 saturated heterocycles. The van der Waals surface area contributed by atoms with Crippen molar-refractivity contribution >= 4 is 35.3 Å². The van der Waals surface area contributed by atoms with Gasteiger partial charge in [0.05, 0.1) is 90.2 Å². The number of carbonyl (C=O) groups is 5. The highest BCUT2D eigenvalue weighted by Crippen LogP contribution is 2.32. The average Bonchev–Trinajstić information content (AvgIpc) is 3.26. The van der Waals surface area contributed by atoms with Crippen LogP contribution in [0.3, 0.4) is 0 Å². The number of rotatable bonds is 23. The van der Waals surface area contributed by atoms with Gasteiger partial charge in [-0.25, -0.2) is 0 Å². The Kier molecular flexibility index (Phi) is 15.7. The summed E-state index contributed by atoms with van der Waals surface area (Å²) in [6.45, 7) is 6.79. The fourth-order valence-corrected chi connectivity index (χ4v) is 4.46. The van der Waals surface area contributed by atoms with Gasteiger partial charge in [-0.3, -0.25) is 34.2 Å². The Morgan fingerprint density at radius 2 is 1.45 bits per heavy atom. The number of ether oxygens (including phenoxy) is 6. The number of carbonyl (C=O) groups excluding carboxylic acids is 5. The maximum Gasteiger partial charge on any atom is 0.308 e. The quantitative estimate of drug-likeness (QED) is 0.102. The molecule has 1 aromatic rings. The third kappa shape index (κ3) is 11.2. The summed E-state index contributed by atoms with van der Waals surface area (Å²) in [6, 6.07) is 3.89. The second-order valence-corrected chi connectivity index (χ2v) is 9.99. The number of nitrogens with zero attached hydrogens (tertiary/aromatic N) is 1. The molecule has 0 radical (unpaired) electrons. The Morgan fingerprint density at radius 1 is 0.841 bits per heavy atom. The van der Waals surface area contributed by atoms with Gasteiger partial charge in [-0.15, -0.1) is 0 Å². The first kappa shape index (κ1) is 35.1. The summed E-state index contributed by atoms with van der Waals surface area (Å²) >= 11 is 0. The van der Waals surface area contributed by atoms with Crippen molar-refractivity contribution in [2.45, 2.75) is 45.1 Å². The molecule has 3 rings (SSSR count). The molecular weight excluding hydrogens is 578 g/mol. The minimum atomic E-state index is -1.01. The number of hydrogen-bond donors (Lipinski definition) is 2. The van der Waals surface area contributed by atoms with Crippen LogP contribution in [0.15, 0.2) is 18.2 Å². The lowest BCUT2D eigenvalue weighted by Gasteiger charge is -2.27. The van der Waals surface area contributed by atoms with Gasteiger partial charge in [-0.1, -0.05) is 19.4 Å². The molecule has 1 fully saturated rings. The summed E-state index contributed by atoms with van der Waals surface area (Å²) < 4.78 is 32.3. The van der Waals surface area contributed by atoms with Crippen molar-refractivity contribution in [3.8, 4) is 0 Å². The Labute approximate surface area is 257 Å². The van der Waals surface area contributed by atoms with Gasteiger partial charge in [0.15, 0.2) is 0 Å². The Bertz CT molecular complexity index is 1110. The average molecular weight is 622 g/mol. The first-order valence-corrected chi connectivity index (χ1v) is 15.1. The summed E-state index contributed by atoms with van der Waals surface area (Å²) in [7, 11) is 0. The van der Waals surface area contributed by atoms with Gasteiger partial charge in [0.25, 0.3) is 11.8 Å². The first-order chi connectivity index (χ1) is 21.4. The molecule has 1 unspecified atom stereocenters. The molecule has 0 aliphatic carbocycles. The predicted octanol–water partition coefficient (Wildman–Crippen LogP) is 1.32. The van der Waals surface area contributed by atoms with E-state index in [2.05, 4.69) is 10.6 Å².